The molecule has 0 spiro atoms. The van der Waals surface area contributed by atoms with Crippen LogP contribution in [0.15, 0.2) is 0 Å². The quantitative estimate of drug-likeness (QED) is 0.617. The Labute approximate surface area is 89.4 Å². The van der Waals surface area contributed by atoms with Gasteiger partial charge in [-0.05, 0) is 12.7 Å². The van der Waals surface area contributed by atoms with Crippen LogP contribution < -0.4 is 5.32 Å². The highest BCUT2D eigenvalue weighted by atomic mass is 32.2. The predicted molar refractivity (Wildman–Crippen MR) is 58.5 cm³/mol. The molecule has 2 N–H and O–H groups in total. The summed E-state index contributed by atoms with van der Waals surface area (Å²) in [6.07, 6.45) is 2.57. The summed E-state index contributed by atoms with van der Waals surface area (Å²) < 4.78 is 4.76. The Morgan fingerprint density at radius 1 is 1.64 bits per heavy atom. The van der Waals surface area contributed by atoms with Crippen molar-refractivity contribution in [3.8, 4) is 0 Å². The summed E-state index contributed by atoms with van der Waals surface area (Å²) in [6, 6.07) is 0. The standard InChI is InChI=1S/C9H19NO3S/c1-13-7-8(11)3-5-10-9(12)4-6-14-2/h8,11H,3-7H2,1-2H3,(H,10,12). The smallest absolute Gasteiger partial charge is 0.220 e. The van der Waals surface area contributed by atoms with Gasteiger partial charge < -0.3 is 15.2 Å². The number of carbonyl (C=O) groups is 1. The number of nitrogens with one attached hydrogen (secondary N) is 1. The van der Waals surface area contributed by atoms with Crippen LogP contribution in [-0.4, -0.2) is 49.4 Å². The molecule has 0 aliphatic heterocycles. The van der Waals surface area contributed by atoms with Crippen molar-refractivity contribution in [3.05, 3.63) is 0 Å². The molecule has 0 aliphatic rings. The molecular formula is C9H19NO3S. The van der Waals surface area contributed by atoms with Crippen molar-refractivity contribution >= 4 is 17.7 Å². The lowest BCUT2D eigenvalue weighted by molar-refractivity contribution is -0.120. The fourth-order valence-corrected chi connectivity index (χ4v) is 1.33. The van der Waals surface area contributed by atoms with Crippen LogP contribution in [0, 0.1) is 0 Å². The van der Waals surface area contributed by atoms with Gasteiger partial charge in [-0.25, -0.2) is 0 Å². The summed E-state index contributed by atoms with van der Waals surface area (Å²) in [5.74, 6) is 0.885. The summed E-state index contributed by atoms with van der Waals surface area (Å²) in [6.45, 7) is 0.832. The lowest BCUT2D eigenvalue weighted by Gasteiger charge is -2.09. The monoisotopic (exact) mass is 221 g/mol. The number of amides is 1. The van der Waals surface area contributed by atoms with Crippen molar-refractivity contribution in [1.82, 2.24) is 5.32 Å². The van der Waals surface area contributed by atoms with E-state index < -0.39 is 6.10 Å². The maximum atomic E-state index is 11.1. The second-order valence-electron chi connectivity index (χ2n) is 2.99. The minimum atomic E-state index is -0.485. The third-order valence-corrected chi connectivity index (χ3v) is 2.30. The second kappa shape index (κ2) is 9.30. The first kappa shape index (κ1) is 13.7. The molecule has 0 heterocycles. The van der Waals surface area contributed by atoms with Crippen molar-refractivity contribution in [3.63, 3.8) is 0 Å². The van der Waals surface area contributed by atoms with E-state index in [-0.39, 0.29) is 5.91 Å². The molecule has 0 saturated heterocycles. The van der Waals surface area contributed by atoms with Gasteiger partial charge in [-0.1, -0.05) is 0 Å². The molecule has 0 aromatic heterocycles. The van der Waals surface area contributed by atoms with E-state index in [0.29, 0.717) is 26.0 Å². The number of ether oxygens (including phenoxy) is 1. The molecular weight excluding hydrogens is 202 g/mol. The minimum absolute atomic E-state index is 0.0453. The number of hydrogen-bond donors (Lipinski definition) is 2. The van der Waals surface area contributed by atoms with Gasteiger partial charge in [-0.2, -0.15) is 11.8 Å². The van der Waals surface area contributed by atoms with Crippen LogP contribution in [0.3, 0.4) is 0 Å². The number of aliphatic hydroxyl groups excluding tert-OH is 1. The molecule has 0 aromatic carbocycles. The molecule has 1 unspecified atom stereocenters. The molecule has 0 bridgehead atoms. The molecule has 1 atom stereocenters. The van der Waals surface area contributed by atoms with Gasteiger partial charge in [0, 0.05) is 25.8 Å². The largest absolute Gasteiger partial charge is 0.391 e. The third kappa shape index (κ3) is 8.34. The molecule has 0 fully saturated rings. The number of aliphatic hydroxyl groups is 1. The zero-order valence-corrected chi connectivity index (χ0v) is 9.60. The first-order valence-corrected chi connectivity index (χ1v) is 6.02. The number of hydrogen-bond acceptors (Lipinski definition) is 4. The normalized spacial score (nSPS) is 12.5. The van der Waals surface area contributed by atoms with E-state index in [2.05, 4.69) is 5.32 Å². The van der Waals surface area contributed by atoms with E-state index in [0.717, 1.165) is 5.75 Å². The highest BCUT2D eigenvalue weighted by Gasteiger charge is 2.04. The summed E-state index contributed by atoms with van der Waals surface area (Å²) in [5.41, 5.74) is 0. The van der Waals surface area contributed by atoms with Crippen molar-refractivity contribution < 1.29 is 14.6 Å². The van der Waals surface area contributed by atoms with Crippen LogP contribution in [-0.2, 0) is 9.53 Å². The van der Waals surface area contributed by atoms with Crippen molar-refractivity contribution in [1.29, 1.82) is 0 Å². The number of rotatable bonds is 8. The summed E-state index contributed by atoms with van der Waals surface area (Å²) in [4.78, 5) is 11.1. The number of carbonyl (C=O) groups excluding carboxylic acids is 1. The highest BCUT2D eigenvalue weighted by molar-refractivity contribution is 7.98. The van der Waals surface area contributed by atoms with Crippen LogP contribution in [0.2, 0.25) is 0 Å². The minimum Gasteiger partial charge on any atom is -0.391 e. The van der Waals surface area contributed by atoms with E-state index in [1.54, 1.807) is 18.9 Å². The van der Waals surface area contributed by atoms with Crippen LogP contribution in [0.25, 0.3) is 0 Å². The maximum Gasteiger partial charge on any atom is 0.220 e. The van der Waals surface area contributed by atoms with Gasteiger partial charge in [-0.15, -0.1) is 0 Å². The average Bonchev–Trinajstić information content (AvgIpc) is 2.15. The Morgan fingerprint density at radius 3 is 2.93 bits per heavy atom. The Balaban J connectivity index is 3.30. The summed E-state index contributed by atoms with van der Waals surface area (Å²) >= 11 is 1.65. The van der Waals surface area contributed by atoms with E-state index in [1.807, 2.05) is 6.26 Å². The van der Waals surface area contributed by atoms with Gasteiger partial charge in [0.25, 0.3) is 0 Å². The molecule has 4 nitrogen and oxygen atoms in total. The highest BCUT2D eigenvalue weighted by Crippen LogP contribution is 1.95. The summed E-state index contributed by atoms with van der Waals surface area (Å²) in [5, 5.41) is 12.0. The van der Waals surface area contributed by atoms with Crippen molar-refractivity contribution in [2.45, 2.75) is 18.9 Å². The topological polar surface area (TPSA) is 58.6 Å². The number of methoxy groups -OCH3 is 1. The molecule has 0 rings (SSSR count). The van der Waals surface area contributed by atoms with E-state index in [9.17, 15) is 9.90 Å². The molecule has 14 heavy (non-hydrogen) atoms. The first-order chi connectivity index (χ1) is 6.70. The average molecular weight is 221 g/mol. The Kier molecular flexibility index (Phi) is 9.13. The predicted octanol–water partition coefficient (Wildman–Crippen LogP) is 0.253. The molecule has 84 valence electrons. The van der Waals surface area contributed by atoms with Gasteiger partial charge >= 0.3 is 0 Å². The van der Waals surface area contributed by atoms with E-state index >= 15 is 0 Å². The van der Waals surface area contributed by atoms with Crippen LogP contribution in [0.1, 0.15) is 12.8 Å². The molecule has 5 heteroatoms. The van der Waals surface area contributed by atoms with Gasteiger partial charge in [-0.3, -0.25) is 4.79 Å². The maximum absolute atomic E-state index is 11.1. The molecule has 0 saturated carbocycles. The Hall–Kier alpha value is -0.260. The van der Waals surface area contributed by atoms with Gasteiger partial charge in [0.2, 0.25) is 5.91 Å². The molecule has 0 aromatic rings. The second-order valence-corrected chi connectivity index (χ2v) is 3.98. The van der Waals surface area contributed by atoms with Crippen molar-refractivity contribution in [2.75, 3.05) is 32.3 Å². The lowest BCUT2D eigenvalue weighted by Crippen LogP contribution is -2.28. The van der Waals surface area contributed by atoms with E-state index in [4.69, 9.17) is 4.74 Å². The van der Waals surface area contributed by atoms with Crippen LogP contribution in [0.4, 0.5) is 0 Å². The van der Waals surface area contributed by atoms with Gasteiger partial charge in [0.1, 0.15) is 0 Å². The zero-order chi connectivity index (χ0) is 10.8. The Bertz CT molecular complexity index is 155. The summed E-state index contributed by atoms with van der Waals surface area (Å²) in [7, 11) is 1.54. The molecule has 0 aliphatic carbocycles. The molecule has 1 amide bonds. The molecule has 0 radical (unpaired) electrons. The van der Waals surface area contributed by atoms with Crippen molar-refractivity contribution in [2.24, 2.45) is 0 Å². The zero-order valence-electron chi connectivity index (χ0n) is 8.78. The third-order valence-electron chi connectivity index (χ3n) is 1.69. The number of thioether (sulfide) groups is 1. The first-order valence-electron chi connectivity index (χ1n) is 4.63. The fourth-order valence-electron chi connectivity index (χ4n) is 0.937. The lowest BCUT2D eigenvalue weighted by atomic mass is 10.2. The van der Waals surface area contributed by atoms with Gasteiger partial charge in [0.15, 0.2) is 0 Å². The van der Waals surface area contributed by atoms with E-state index in [1.165, 1.54) is 0 Å². The SMILES string of the molecule is COCC(O)CCNC(=O)CCSC. The van der Waals surface area contributed by atoms with Crippen LogP contribution in [0.5, 0.6) is 0 Å². The Morgan fingerprint density at radius 2 is 2.36 bits per heavy atom. The van der Waals surface area contributed by atoms with Gasteiger partial charge in [0.05, 0.1) is 12.7 Å². The van der Waals surface area contributed by atoms with Crippen LogP contribution >= 0.6 is 11.8 Å². The fraction of sp³-hybridized carbons (Fsp3) is 0.889.